The molecule has 3 rings (SSSR count). The summed E-state index contributed by atoms with van der Waals surface area (Å²) in [5.74, 6) is 1.82. The highest BCUT2D eigenvalue weighted by molar-refractivity contribution is 14.0. The van der Waals surface area contributed by atoms with E-state index < -0.39 is 0 Å². The Morgan fingerprint density at radius 2 is 2.16 bits per heavy atom. The van der Waals surface area contributed by atoms with Crippen molar-refractivity contribution in [2.45, 2.75) is 40.3 Å². The lowest BCUT2D eigenvalue weighted by Crippen LogP contribution is -2.50. The van der Waals surface area contributed by atoms with Crippen LogP contribution in [0.1, 0.15) is 32.2 Å². The number of benzene rings is 1. The highest BCUT2D eigenvalue weighted by Crippen LogP contribution is 2.17. The van der Waals surface area contributed by atoms with Gasteiger partial charge in [0.15, 0.2) is 5.96 Å². The van der Waals surface area contributed by atoms with E-state index in [1.807, 2.05) is 19.9 Å². The second-order valence-corrected chi connectivity index (χ2v) is 8.35. The molecule has 1 aliphatic heterocycles. The number of halogens is 2. The highest BCUT2D eigenvalue weighted by atomic mass is 127. The lowest BCUT2D eigenvalue weighted by molar-refractivity contribution is -0.0284. The smallest absolute Gasteiger partial charge is 0.191 e. The molecule has 1 atom stereocenters. The van der Waals surface area contributed by atoms with Crippen LogP contribution in [0.25, 0.3) is 5.69 Å². The van der Waals surface area contributed by atoms with E-state index in [0.717, 1.165) is 44.2 Å². The van der Waals surface area contributed by atoms with Crippen molar-refractivity contribution < 1.29 is 9.13 Å². The number of hydrogen-bond donors (Lipinski definition) is 2. The van der Waals surface area contributed by atoms with Gasteiger partial charge in [-0.1, -0.05) is 19.9 Å². The largest absolute Gasteiger partial charge is 0.374 e. The van der Waals surface area contributed by atoms with E-state index in [0.29, 0.717) is 30.7 Å². The van der Waals surface area contributed by atoms with Crippen LogP contribution >= 0.6 is 24.0 Å². The predicted molar refractivity (Wildman–Crippen MR) is 138 cm³/mol. The number of morpholine rings is 1. The van der Waals surface area contributed by atoms with Crippen LogP contribution in [-0.2, 0) is 11.3 Å². The molecule has 1 aromatic heterocycles. The fraction of sp³-hybridized carbons (Fsp3) is 0.565. The second kappa shape index (κ2) is 13.1. The number of ether oxygens (including phenoxy) is 1. The number of imidazole rings is 1. The van der Waals surface area contributed by atoms with Crippen LogP contribution in [0, 0.1) is 18.7 Å². The van der Waals surface area contributed by atoms with Crippen LogP contribution in [0.15, 0.2) is 35.6 Å². The van der Waals surface area contributed by atoms with Gasteiger partial charge >= 0.3 is 0 Å². The first kappa shape index (κ1) is 26.5. The summed E-state index contributed by atoms with van der Waals surface area (Å²) in [6.07, 6.45) is 3.56. The number of guanidine groups is 1. The molecule has 2 aromatic rings. The summed E-state index contributed by atoms with van der Waals surface area (Å²) in [6, 6.07) is 5.21. The summed E-state index contributed by atoms with van der Waals surface area (Å²) in [7, 11) is 0. The van der Waals surface area contributed by atoms with E-state index in [2.05, 4.69) is 39.4 Å². The average Bonchev–Trinajstić information content (AvgIpc) is 3.15. The number of rotatable bonds is 8. The van der Waals surface area contributed by atoms with Gasteiger partial charge in [-0.3, -0.25) is 4.90 Å². The fourth-order valence-electron chi connectivity index (χ4n) is 3.79. The molecule has 2 N–H and O–H groups in total. The topological polar surface area (TPSA) is 66.7 Å². The molecule has 1 aromatic carbocycles. The molecule has 7 nitrogen and oxygen atoms in total. The molecular formula is C23H36FIN6O. The lowest BCUT2D eigenvalue weighted by atomic mass is 10.2. The highest BCUT2D eigenvalue weighted by Gasteiger charge is 2.21. The monoisotopic (exact) mass is 558 g/mol. The number of aliphatic imine (C=N–C) groups is 1. The van der Waals surface area contributed by atoms with Crippen LogP contribution < -0.4 is 10.6 Å². The van der Waals surface area contributed by atoms with Crippen LogP contribution in [0.3, 0.4) is 0 Å². The Hall–Kier alpha value is -1.72. The number of hydrogen-bond acceptors (Lipinski definition) is 4. The third kappa shape index (κ3) is 7.70. The third-order valence-corrected chi connectivity index (χ3v) is 5.20. The first-order chi connectivity index (χ1) is 15.0. The van der Waals surface area contributed by atoms with E-state index in [-0.39, 0.29) is 35.9 Å². The van der Waals surface area contributed by atoms with Gasteiger partial charge in [0.1, 0.15) is 11.6 Å². The number of nitrogens with zero attached hydrogens (tertiary/aromatic N) is 4. The lowest BCUT2D eigenvalue weighted by Gasteiger charge is -2.34. The number of aromatic nitrogens is 2. The van der Waals surface area contributed by atoms with Crippen molar-refractivity contribution in [1.29, 1.82) is 0 Å². The van der Waals surface area contributed by atoms with Crippen LogP contribution in [0.5, 0.6) is 0 Å². The number of aryl methyl sites for hydroxylation is 1. The average molecular weight is 558 g/mol. The minimum Gasteiger partial charge on any atom is -0.374 e. The molecule has 0 saturated carbocycles. The Morgan fingerprint density at radius 1 is 1.34 bits per heavy atom. The van der Waals surface area contributed by atoms with Gasteiger partial charge in [0.05, 0.1) is 24.9 Å². The first-order valence-electron chi connectivity index (χ1n) is 11.1. The SMILES string of the molecule is CCNC(=NCc1ccc(-n2ccnc2C)c(F)c1)NCC1CN(CC(C)C)CCO1.I. The molecule has 178 valence electrons. The van der Waals surface area contributed by atoms with Gasteiger partial charge in [-0.2, -0.15) is 0 Å². The second-order valence-electron chi connectivity index (χ2n) is 8.35. The van der Waals surface area contributed by atoms with Crippen LogP contribution in [-0.4, -0.2) is 65.8 Å². The van der Waals surface area contributed by atoms with Gasteiger partial charge in [-0.05, 0) is 37.5 Å². The van der Waals surface area contributed by atoms with E-state index in [9.17, 15) is 4.39 Å². The third-order valence-electron chi connectivity index (χ3n) is 5.20. The summed E-state index contributed by atoms with van der Waals surface area (Å²) in [6.45, 7) is 14.0. The normalized spacial score (nSPS) is 17.3. The Kier molecular flexibility index (Phi) is 10.9. The molecule has 9 heteroatoms. The van der Waals surface area contributed by atoms with Gasteiger partial charge in [-0.15, -0.1) is 24.0 Å². The summed E-state index contributed by atoms with van der Waals surface area (Å²) in [4.78, 5) is 11.2. The standard InChI is InChI=1S/C23H35FN6O.HI/c1-5-25-23(28-14-20-16-29(10-11-31-20)15-17(2)3)27-13-19-6-7-22(21(24)12-19)30-9-8-26-18(30)4;/h6-9,12,17,20H,5,10-11,13-16H2,1-4H3,(H2,25,27,28);1H. The Labute approximate surface area is 207 Å². The van der Waals surface area contributed by atoms with Crippen molar-refractivity contribution in [2.24, 2.45) is 10.9 Å². The van der Waals surface area contributed by atoms with E-state index >= 15 is 0 Å². The number of nitrogens with one attached hydrogen (secondary N) is 2. The van der Waals surface area contributed by atoms with Crippen molar-refractivity contribution >= 4 is 29.9 Å². The summed E-state index contributed by atoms with van der Waals surface area (Å²) >= 11 is 0. The molecule has 0 amide bonds. The molecule has 32 heavy (non-hydrogen) atoms. The fourth-order valence-corrected chi connectivity index (χ4v) is 3.79. The molecule has 1 fully saturated rings. The Morgan fingerprint density at radius 3 is 2.81 bits per heavy atom. The maximum atomic E-state index is 14.6. The predicted octanol–water partition coefficient (Wildman–Crippen LogP) is 3.35. The van der Waals surface area contributed by atoms with Gasteiger partial charge in [0, 0.05) is 45.1 Å². The van der Waals surface area contributed by atoms with Gasteiger partial charge in [0.2, 0.25) is 0 Å². The van der Waals surface area contributed by atoms with Crippen molar-refractivity contribution in [3.8, 4) is 5.69 Å². The van der Waals surface area contributed by atoms with Crippen LogP contribution in [0.4, 0.5) is 4.39 Å². The molecular weight excluding hydrogens is 522 g/mol. The molecule has 0 spiro atoms. The molecule has 0 bridgehead atoms. The molecule has 2 heterocycles. The summed E-state index contributed by atoms with van der Waals surface area (Å²) in [5.41, 5.74) is 1.31. The molecule has 0 radical (unpaired) electrons. The Bertz CT molecular complexity index is 872. The van der Waals surface area contributed by atoms with Crippen molar-refractivity contribution in [3.05, 3.63) is 47.8 Å². The van der Waals surface area contributed by atoms with Crippen LogP contribution in [0.2, 0.25) is 0 Å². The van der Waals surface area contributed by atoms with Gasteiger partial charge in [-0.25, -0.2) is 14.4 Å². The maximum Gasteiger partial charge on any atom is 0.191 e. The van der Waals surface area contributed by atoms with Crippen molar-refractivity contribution in [1.82, 2.24) is 25.1 Å². The van der Waals surface area contributed by atoms with E-state index in [1.54, 1.807) is 23.0 Å². The maximum absolute atomic E-state index is 14.6. The van der Waals surface area contributed by atoms with Crippen molar-refractivity contribution in [2.75, 3.05) is 39.3 Å². The zero-order valence-corrected chi connectivity index (χ0v) is 21.8. The minimum atomic E-state index is -0.285. The van der Waals surface area contributed by atoms with Gasteiger partial charge < -0.3 is 19.9 Å². The summed E-state index contributed by atoms with van der Waals surface area (Å²) in [5, 5.41) is 6.63. The van der Waals surface area contributed by atoms with E-state index in [1.165, 1.54) is 6.07 Å². The first-order valence-corrected chi connectivity index (χ1v) is 11.1. The molecule has 1 aliphatic rings. The van der Waals surface area contributed by atoms with Crippen molar-refractivity contribution in [3.63, 3.8) is 0 Å². The quantitative estimate of drug-likeness (QED) is 0.296. The zero-order valence-electron chi connectivity index (χ0n) is 19.5. The minimum absolute atomic E-state index is 0. The summed E-state index contributed by atoms with van der Waals surface area (Å²) < 4.78 is 22.3. The molecule has 1 saturated heterocycles. The van der Waals surface area contributed by atoms with E-state index in [4.69, 9.17) is 4.74 Å². The van der Waals surface area contributed by atoms with Gasteiger partial charge in [0.25, 0.3) is 0 Å². The molecule has 0 aliphatic carbocycles. The zero-order chi connectivity index (χ0) is 22.2. The molecule has 1 unspecified atom stereocenters. The Balaban J connectivity index is 0.00000363.